The molecule has 0 saturated heterocycles. The first kappa shape index (κ1) is 19.8. The van der Waals surface area contributed by atoms with Crippen molar-refractivity contribution in [3.05, 3.63) is 65.6 Å². The zero-order valence-corrected chi connectivity index (χ0v) is 17.3. The fourth-order valence-corrected chi connectivity index (χ4v) is 3.47. The van der Waals surface area contributed by atoms with Crippen molar-refractivity contribution in [3.63, 3.8) is 0 Å². The SMILES string of the molecule is CCOc1ccc(-c2n[nH]c(=S)n2CCC(=O)Nc2cccc3cccnc23)cc1. The van der Waals surface area contributed by atoms with Crippen molar-refractivity contribution in [2.75, 3.05) is 11.9 Å². The molecule has 30 heavy (non-hydrogen) atoms. The lowest BCUT2D eigenvalue weighted by Crippen LogP contribution is -2.15. The molecule has 0 aliphatic heterocycles. The van der Waals surface area contributed by atoms with Crippen LogP contribution in [0.3, 0.4) is 0 Å². The van der Waals surface area contributed by atoms with Gasteiger partial charge in [-0.2, -0.15) is 5.10 Å². The molecule has 7 nitrogen and oxygen atoms in total. The Labute approximate surface area is 178 Å². The monoisotopic (exact) mass is 419 g/mol. The van der Waals surface area contributed by atoms with E-state index in [0.717, 1.165) is 22.2 Å². The number of pyridine rings is 1. The minimum Gasteiger partial charge on any atom is -0.494 e. The topological polar surface area (TPSA) is 84.8 Å². The Kier molecular flexibility index (Phi) is 5.85. The Morgan fingerprint density at radius 2 is 1.97 bits per heavy atom. The second kappa shape index (κ2) is 8.87. The molecule has 2 aromatic heterocycles. The Morgan fingerprint density at radius 1 is 1.17 bits per heavy atom. The lowest BCUT2D eigenvalue weighted by Gasteiger charge is -2.10. The van der Waals surface area contributed by atoms with Crippen molar-refractivity contribution in [3.8, 4) is 17.1 Å². The fraction of sp³-hybridized carbons (Fsp3) is 0.182. The van der Waals surface area contributed by atoms with E-state index in [2.05, 4.69) is 20.5 Å². The van der Waals surface area contributed by atoms with Crippen molar-refractivity contribution in [1.82, 2.24) is 19.7 Å². The first-order chi connectivity index (χ1) is 14.7. The molecular weight excluding hydrogens is 398 g/mol. The lowest BCUT2D eigenvalue weighted by molar-refractivity contribution is -0.116. The summed E-state index contributed by atoms with van der Waals surface area (Å²) in [5, 5.41) is 11.1. The number of aromatic amines is 1. The summed E-state index contributed by atoms with van der Waals surface area (Å²) in [6.07, 6.45) is 1.97. The number of para-hydroxylation sites is 1. The minimum atomic E-state index is -0.117. The average molecular weight is 420 g/mol. The first-order valence-corrected chi connectivity index (χ1v) is 10.1. The third kappa shape index (κ3) is 4.23. The number of carbonyl (C=O) groups is 1. The second-order valence-electron chi connectivity index (χ2n) is 6.64. The van der Waals surface area contributed by atoms with Gasteiger partial charge in [0.15, 0.2) is 10.6 Å². The highest BCUT2D eigenvalue weighted by atomic mass is 32.1. The second-order valence-corrected chi connectivity index (χ2v) is 7.03. The molecule has 8 heteroatoms. The molecule has 0 aliphatic carbocycles. The quantitative estimate of drug-likeness (QED) is 0.428. The van der Waals surface area contributed by atoms with Crippen LogP contribution in [0.2, 0.25) is 0 Å². The first-order valence-electron chi connectivity index (χ1n) is 9.67. The zero-order chi connectivity index (χ0) is 20.9. The van der Waals surface area contributed by atoms with E-state index in [9.17, 15) is 4.79 Å². The maximum Gasteiger partial charge on any atom is 0.226 e. The van der Waals surface area contributed by atoms with E-state index in [-0.39, 0.29) is 12.3 Å². The van der Waals surface area contributed by atoms with Crippen LogP contribution in [0.15, 0.2) is 60.8 Å². The number of H-pyrrole nitrogens is 1. The van der Waals surface area contributed by atoms with Crippen LogP contribution in [-0.2, 0) is 11.3 Å². The Hall–Kier alpha value is -3.52. The smallest absolute Gasteiger partial charge is 0.226 e. The number of anilines is 1. The highest BCUT2D eigenvalue weighted by Gasteiger charge is 2.12. The van der Waals surface area contributed by atoms with Gasteiger partial charge in [-0.15, -0.1) is 0 Å². The molecule has 1 amide bonds. The summed E-state index contributed by atoms with van der Waals surface area (Å²) < 4.78 is 7.78. The van der Waals surface area contributed by atoms with E-state index in [1.165, 1.54) is 0 Å². The third-order valence-corrected chi connectivity index (χ3v) is 4.96. The molecule has 4 aromatic rings. The van der Waals surface area contributed by atoms with Crippen LogP contribution in [-0.4, -0.2) is 32.3 Å². The van der Waals surface area contributed by atoms with E-state index in [1.807, 2.05) is 66.1 Å². The van der Waals surface area contributed by atoms with Crippen LogP contribution in [0.1, 0.15) is 13.3 Å². The van der Waals surface area contributed by atoms with Crippen LogP contribution in [0.4, 0.5) is 5.69 Å². The van der Waals surface area contributed by atoms with Gasteiger partial charge in [0.2, 0.25) is 5.91 Å². The van der Waals surface area contributed by atoms with Crippen LogP contribution in [0.5, 0.6) is 5.75 Å². The molecule has 0 aliphatic rings. The van der Waals surface area contributed by atoms with Gasteiger partial charge in [0.1, 0.15) is 5.75 Å². The average Bonchev–Trinajstić information content (AvgIpc) is 3.14. The predicted octanol–water partition coefficient (Wildman–Crippen LogP) is 4.58. The van der Waals surface area contributed by atoms with Crippen molar-refractivity contribution < 1.29 is 9.53 Å². The number of ether oxygens (including phenoxy) is 1. The Morgan fingerprint density at radius 3 is 2.77 bits per heavy atom. The summed E-state index contributed by atoms with van der Waals surface area (Å²) in [4.78, 5) is 17.0. The normalized spacial score (nSPS) is 10.8. The molecular formula is C22H21N5O2S. The molecule has 0 bridgehead atoms. The number of hydrogen-bond donors (Lipinski definition) is 2. The number of aromatic nitrogens is 4. The van der Waals surface area contributed by atoms with Crippen LogP contribution in [0, 0.1) is 4.77 Å². The Balaban J connectivity index is 1.48. The van der Waals surface area contributed by atoms with E-state index < -0.39 is 0 Å². The van der Waals surface area contributed by atoms with Crippen molar-refractivity contribution in [2.24, 2.45) is 0 Å². The van der Waals surface area contributed by atoms with Gasteiger partial charge < -0.3 is 10.1 Å². The number of rotatable bonds is 7. The van der Waals surface area contributed by atoms with Crippen LogP contribution < -0.4 is 10.1 Å². The van der Waals surface area contributed by atoms with Gasteiger partial charge in [0.05, 0.1) is 17.8 Å². The van der Waals surface area contributed by atoms with E-state index in [4.69, 9.17) is 17.0 Å². The summed E-state index contributed by atoms with van der Waals surface area (Å²) in [5.41, 5.74) is 2.36. The van der Waals surface area contributed by atoms with Crippen molar-refractivity contribution in [1.29, 1.82) is 0 Å². The summed E-state index contributed by atoms with van der Waals surface area (Å²) in [7, 11) is 0. The molecule has 0 unspecified atom stereocenters. The van der Waals surface area contributed by atoms with E-state index >= 15 is 0 Å². The maximum absolute atomic E-state index is 12.6. The number of amides is 1. The third-order valence-electron chi connectivity index (χ3n) is 4.65. The molecule has 0 saturated carbocycles. The van der Waals surface area contributed by atoms with Gasteiger partial charge >= 0.3 is 0 Å². The number of hydrogen-bond acceptors (Lipinski definition) is 5. The molecule has 0 fully saturated rings. The highest BCUT2D eigenvalue weighted by molar-refractivity contribution is 7.71. The molecule has 2 aromatic carbocycles. The summed E-state index contributed by atoms with van der Waals surface area (Å²) in [6.45, 7) is 2.96. The van der Waals surface area contributed by atoms with Gasteiger partial charge in [-0.25, -0.2) is 0 Å². The van der Waals surface area contributed by atoms with Crippen LogP contribution >= 0.6 is 12.2 Å². The van der Waals surface area contributed by atoms with E-state index in [1.54, 1.807) is 6.20 Å². The number of fused-ring (bicyclic) bond motifs is 1. The standard InChI is InChI=1S/C22H21N5O2S/c1-2-29-17-10-8-16(9-11-17)21-25-26-22(30)27(21)14-12-19(28)24-18-7-3-5-15-6-4-13-23-20(15)18/h3-11,13H,2,12,14H2,1H3,(H,24,28)(H,26,30). The number of benzene rings is 2. The highest BCUT2D eigenvalue weighted by Crippen LogP contribution is 2.23. The van der Waals surface area contributed by atoms with Gasteiger partial charge in [-0.1, -0.05) is 18.2 Å². The molecule has 0 spiro atoms. The van der Waals surface area contributed by atoms with Gasteiger partial charge in [0, 0.05) is 30.1 Å². The number of carbonyl (C=O) groups excluding carboxylic acids is 1. The summed E-state index contributed by atoms with van der Waals surface area (Å²) in [6, 6.07) is 17.2. The molecule has 2 heterocycles. The lowest BCUT2D eigenvalue weighted by atomic mass is 10.2. The van der Waals surface area contributed by atoms with Crippen molar-refractivity contribution >= 4 is 34.7 Å². The summed E-state index contributed by atoms with van der Waals surface area (Å²) in [5.74, 6) is 1.36. The van der Waals surface area contributed by atoms with Gasteiger partial charge in [0.25, 0.3) is 0 Å². The van der Waals surface area contributed by atoms with Gasteiger partial charge in [-0.05, 0) is 55.5 Å². The maximum atomic E-state index is 12.6. The fourth-order valence-electron chi connectivity index (χ4n) is 3.24. The summed E-state index contributed by atoms with van der Waals surface area (Å²) >= 11 is 5.36. The molecule has 4 rings (SSSR count). The van der Waals surface area contributed by atoms with Crippen LogP contribution in [0.25, 0.3) is 22.3 Å². The van der Waals surface area contributed by atoms with E-state index in [0.29, 0.717) is 29.4 Å². The molecule has 2 N–H and O–H groups in total. The number of nitrogens with one attached hydrogen (secondary N) is 2. The molecule has 0 radical (unpaired) electrons. The van der Waals surface area contributed by atoms with Crippen molar-refractivity contribution in [2.45, 2.75) is 19.9 Å². The Bertz CT molecular complexity index is 1230. The molecule has 152 valence electrons. The molecule has 0 atom stereocenters. The minimum absolute atomic E-state index is 0.117. The predicted molar refractivity (Wildman–Crippen MR) is 119 cm³/mol. The van der Waals surface area contributed by atoms with Gasteiger partial charge in [-0.3, -0.25) is 19.4 Å². The zero-order valence-electron chi connectivity index (χ0n) is 16.5. The number of nitrogens with zero attached hydrogens (tertiary/aromatic N) is 3. The largest absolute Gasteiger partial charge is 0.494 e.